The van der Waals surface area contributed by atoms with Crippen molar-refractivity contribution in [3.05, 3.63) is 59.7 Å². The number of ether oxygens (including phenoxy) is 2. The van der Waals surface area contributed by atoms with Crippen LogP contribution in [0.15, 0.2) is 48.5 Å². The fourth-order valence-corrected chi connectivity index (χ4v) is 5.12. The highest BCUT2D eigenvalue weighted by Crippen LogP contribution is 2.31. The van der Waals surface area contributed by atoms with Gasteiger partial charge in [0.05, 0.1) is 23.4 Å². The largest absolute Gasteiger partial charge is 0.489 e. The van der Waals surface area contributed by atoms with Gasteiger partial charge in [-0.2, -0.15) is 0 Å². The third-order valence-corrected chi connectivity index (χ3v) is 7.15. The number of benzene rings is 2. The van der Waals surface area contributed by atoms with Crippen LogP contribution in [-0.4, -0.2) is 78.1 Å². The number of esters is 1. The molecule has 0 aliphatic carbocycles. The zero-order valence-electron chi connectivity index (χ0n) is 23.5. The van der Waals surface area contributed by atoms with E-state index in [9.17, 15) is 29.1 Å². The van der Waals surface area contributed by atoms with E-state index in [1.54, 1.807) is 55.5 Å². The number of fused-ring (bicyclic) bond motifs is 2. The number of carboxylic acids is 1. The maximum atomic E-state index is 13.4. The topological polar surface area (TPSA) is 143 Å². The summed E-state index contributed by atoms with van der Waals surface area (Å²) in [7, 11) is 0. The molecule has 0 aromatic heterocycles. The summed E-state index contributed by atoms with van der Waals surface area (Å²) in [6, 6.07) is 11.8. The minimum atomic E-state index is -1.17. The number of carbonyl (C=O) groups excluding carboxylic acids is 4. The number of imide groups is 1. The first-order chi connectivity index (χ1) is 19.8. The normalized spacial score (nSPS) is 16.6. The lowest BCUT2D eigenvalue weighted by atomic mass is 10.0. The van der Waals surface area contributed by atoms with E-state index in [-0.39, 0.29) is 37.4 Å². The van der Waals surface area contributed by atoms with Crippen LogP contribution >= 0.6 is 12.4 Å². The minimum Gasteiger partial charge on any atom is -0.489 e. The fourth-order valence-electron chi connectivity index (χ4n) is 5.12. The summed E-state index contributed by atoms with van der Waals surface area (Å²) in [5.41, 5.74) is 1.25. The predicted octanol–water partition coefficient (Wildman–Crippen LogP) is 3.45. The Balaban J connectivity index is 0.00000484. The fraction of sp³-hybridized carbons (Fsp3) is 0.433. The van der Waals surface area contributed by atoms with E-state index in [2.05, 4.69) is 5.32 Å². The van der Waals surface area contributed by atoms with Crippen molar-refractivity contribution in [2.24, 2.45) is 0 Å². The number of hydrogen-bond acceptors (Lipinski definition) is 8. The number of halogens is 1. The van der Waals surface area contributed by atoms with Crippen LogP contribution < -0.4 is 15.0 Å². The van der Waals surface area contributed by atoms with Crippen molar-refractivity contribution in [3.8, 4) is 5.75 Å². The molecule has 0 bridgehead atoms. The van der Waals surface area contributed by atoms with Crippen LogP contribution in [0.4, 0.5) is 5.69 Å². The molecule has 0 spiro atoms. The average Bonchev–Trinajstić information content (AvgIpc) is 3.12. The Bertz CT molecular complexity index is 1270. The van der Waals surface area contributed by atoms with E-state index in [0.717, 1.165) is 24.2 Å². The highest BCUT2D eigenvalue weighted by atomic mass is 35.5. The van der Waals surface area contributed by atoms with Gasteiger partial charge >= 0.3 is 11.9 Å². The molecule has 0 fully saturated rings. The summed E-state index contributed by atoms with van der Waals surface area (Å²) in [4.78, 5) is 65.0. The first-order valence-corrected chi connectivity index (χ1v) is 13.9. The van der Waals surface area contributed by atoms with Crippen LogP contribution in [0, 0.1) is 0 Å². The van der Waals surface area contributed by atoms with E-state index < -0.39 is 36.5 Å². The number of anilines is 1. The lowest BCUT2D eigenvalue weighted by Gasteiger charge is -2.26. The van der Waals surface area contributed by atoms with Crippen LogP contribution in [0.1, 0.15) is 66.2 Å². The van der Waals surface area contributed by atoms with Crippen LogP contribution in [-0.2, 0) is 19.1 Å². The van der Waals surface area contributed by atoms with Gasteiger partial charge in [-0.15, -0.1) is 12.4 Å². The summed E-state index contributed by atoms with van der Waals surface area (Å²) in [6.07, 6.45) is 4.20. The zero-order valence-corrected chi connectivity index (χ0v) is 24.3. The molecule has 0 saturated carbocycles. The second-order valence-corrected chi connectivity index (χ2v) is 9.98. The highest BCUT2D eigenvalue weighted by molar-refractivity contribution is 6.21. The first kappa shape index (κ1) is 32.6. The lowest BCUT2D eigenvalue weighted by Crippen LogP contribution is -2.54. The first-order valence-electron chi connectivity index (χ1n) is 13.9. The molecular formula is C30H36ClN3O8. The van der Waals surface area contributed by atoms with Gasteiger partial charge in [0.25, 0.3) is 11.8 Å². The van der Waals surface area contributed by atoms with Crippen LogP contribution in [0.25, 0.3) is 0 Å². The predicted molar refractivity (Wildman–Crippen MR) is 156 cm³/mol. The molecule has 2 atom stereocenters. The summed E-state index contributed by atoms with van der Waals surface area (Å²) in [5.74, 6) is -2.27. The zero-order chi connectivity index (χ0) is 29.4. The average molecular weight is 602 g/mol. The molecule has 12 heteroatoms. The molecule has 0 radical (unpaired) electrons. The maximum absolute atomic E-state index is 13.4. The summed E-state index contributed by atoms with van der Waals surface area (Å²) >= 11 is 0. The van der Waals surface area contributed by atoms with Gasteiger partial charge in [-0.25, -0.2) is 0 Å². The number of rotatable bonds is 14. The highest BCUT2D eigenvalue weighted by Gasteiger charge is 2.36. The third kappa shape index (κ3) is 7.65. The van der Waals surface area contributed by atoms with Gasteiger partial charge in [-0.3, -0.25) is 39.1 Å². The molecule has 42 heavy (non-hydrogen) atoms. The Morgan fingerprint density at radius 2 is 1.57 bits per heavy atom. The van der Waals surface area contributed by atoms with Crippen LogP contribution in [0.5, 0.6) is 5.75 Å². The van der Waals surface area contributed by atoms with Gasteiger partial charge in [0.1, 0.15) is 31.0 Å². The molecule has 2 aliphatic heterocycles. The van der Waals surface area contributed by atoms with Crippen molar-refractivity contribution in [2.45, 2.75) is 57.5 Å². The second kappa shape index (κ2) is 15.3. The van der Waals surface area contributed by atoms with Crippen molar-refractivity contribution in [1.82, 2.24) is 10.2 Å². The van der Waals surface area contributed by atoms with Gasteiger partial charge in [-0.05, 0) is 44.0 Å². The summed E-state index contributed by atoms with van der Waals surface area (Å²) in [6.45, 7) is 1.63. The Morgan fingerprint density at radius 3 is 2.24 bits per heavy atom. The molecule has 11 nitrogen and oxygen atoms in total. The Kier molecular flexibility index (Phi) is 11.9. The molecule has 2 heterocycles. The van der Waals surface area contributed by atoms with Crippen LogP contribution in [0.2, 0.25) is 0 Å². The van der Waals surface area contributed by atoms with Gasteiger partial charge in [-0.1, -0.05) is 49.9 Å². The molecule has 1 unspecified atom stereocenters. The third-order valence-electron chi connectivity index (χ3n) is 7.15. The molecule has 2 aliphatic rings. The van der Waals surface area contributed by atoms with Crippen molar-refractivity contribution >= 4 is 47.8 Å². The monoisotopic (exact) mass is 601 g/mol. The molecule has 0 saturated heterocycles. The van der Waals surface area contributed by atoms with E-state index in [1.807, 2.05) is 0 Å². The molecular weight excluding hydrogens is 566 g/mol. The van der Waals surface area contributed by atoms with Crippen molar-refractivity contribution in [1.29, 1.82) is 0 Å². The van der Waals surface area contributed by atoms with Gasteiger partial charge in [0, 0.05) is 6.54 Å². The number of nitrogens with zero attached hydrogens (tertiary/aromatic N) is 2. The number of carboxylic acid groups (broad SMARTS) is 1. The summed E-state index contributed by atoms with van der Waals surface area (Å²) in [5, 5.41) is 12.5. The summed E-state index contributed by atoms with van der Waals surface area (Å²) < 4.78 is 11.0. The lowest BCUT2D eigenvalue weighted by molar-refractivity contribution is -0.146. The maximum Gasteiger partial charge on any atom is 0.323 e. The SMILES string of the molecule is CCOC(=O)[C@H](CCCCCCCN1C(=O)c2ccccc2C1=O)NC1COc2ccccc2N(CC(=O)O)C1=O.Cl. The molecule has 2 N–H and O–H groups in total. The number of unbranched alkanes of at least 4 members (excludes halogenated alkanes) is 4. The van der Waals surface area contributed by atoms with E-state index in [0.29, 0.717) is 48.4 Å². The Hall–Kier alpha value is -3.96. The van der Waals surface area contributed by atoms with Gasteiger partial charge in [0.2, 0.25) is 5.91 Å². The Morgan fingerprint density at radius 1 is 0.952 bits per heavy atom. The number of amides is 3. The Labute approximate surface area is 250 Å². The molecule has 226 valence electrons. The van der Waals surface area contributed by atoms with E-state index >= 15 is 0 Å². The number of aliphatic carboxylic acids is 1. The van der Waals surface area contributed by atoms with Crippen molar-refractivity contribution in [3.63, 3.8) is 0 Å². The molecule has 4 rings (SSSR count). The number of para-hydroxylation sites is 2. The molecule has 3 amide bonds. The van der Waals surface area contributed by atoms with Crippen molar-refractivity contribution in [2.75, 3.05) is 31.2 Å². The second-order valence-electron chi connectivity index (χ2n) is 9.98. The van der Waals surface area contributed by atoms with Gasteiger partial charge in [0.15, 0.2) is 0 Å². The van der Waals surface area contributed by atoms with Crippen molar-refractivity contribution < 1.29 is 38.6 Å². The quantitative estimate of drug-likeness (QED) is 0.189. The van der Waals surface area contributed by atoms with E-state index in [4.69, 9.17) is 9.47 Å². The number of hydrogen-bond donors (Lipinski definition) is 2. The number of nitrogens with one attached hydrogen (secondary N) is 1. The number of carbonyl (C=O) groups is 5. The molecule has 2 aromatic carbocycles. The minimum absolute atomic E-state index is 0. The standard InChI is InChI=1S/C30H35N3O8.ClH/c1-2-40-30(39)22(31-23-19-41-25-16-10-9-15-24(25)33(29(23)38)18-26(34)35)14-6-4-3-5-11-17-32-27(36)20-12-7-8-13-21(20)28(32)37;/h7-10,12-13,15-16,22-23,31H,2-6,11,14,17-19H2,1H3,(H,34,35);1H/t22-,23?;/m0./s1. The van der Waals surface area contributed by atoms with Gasteiger partial charge < -0.3 is 14.6 Å². The van der Waals surface area contributed by atoms with E-state index in [1.165, 1.54) is 4.90 Å². The van der Waals surface area contributed by atoms with Crippen LogP contribution in [0.3, 0.4) is 0 Å². The smallest absolute Gasteiger partial charge is 0.323 e. The molecule has 2 aromatic rings.